The van der Waals surface area contributed by atoms with Crippen LogP contribution in [0.5, 0.6) is 0 Å². The Balaban J connectivity index is 0.0000000955. The molecule has 8 aromatic heterocycles. The summed E-state index contributed by atoms with van der Waals surface area (Å²) in [5, 5.41) is 22.8. The highest BCUT2D eigenvalue weighted by atomic mass is 79.9. The van der Waals surface area contributed by atoms with Crippen LogP contribution in [0, 0.1) is 13.8 Å². The van der Waals surface area contributed by atoms with E-state index in [4.69, 9.17) is 42.9 Å². The molecule has 0 amide bonds. The lowest BCUT2D eigenvalue weighted by Gasteiger charge is -2.07. The lowest BCUT2D eigenvalue weighted by Crippen LogP contribution is -1.89. The second kappa shape index (κ2) is 26.7. The number of aryl methyl sites for hydroxylation is 2. The van der Waals surface area contributed by atoms with Crippen molar-refractivity contribution in [3.63, 3.8) is 0 Å². The van der Waals surface area contributed by atoms with Crippen LogP contribution < -0.4 is 22.9 Å². The number of nitrogens with zero attached hydrogens (tertiary/aromatic N) is 4. The van der Waals surface area contributed by atoms with Gasteiger partial charge in [-0.1, -0.05) is 185 Å². The summed E-state index contributed by atoms with van der Waals surface area (Å²) in [4.78, 5) is 48.2. The molecule has 0 aliphatic carbocycles. The van der Waals surface area contributed by atoms with Gasteiger partial charge in [0.1, 0.15) is 23.3 Å². The largest absolute Gasteiger partial charge is 0.399 e. The van der Waals surface area contributed by atoms with E-state index in [1.165, 1.54) is 32.3 Å². The van der Waals surface area contributed by atoms with E-state index in [0.717, 1.165) is 239 Å². The maximum absolute atomic E-state index is 6.12. The number of nitrogens with two attached hydrogens (primary N) is 4. The number of hydrogen-bond donors (Lipinski definition) is 12. The second-order valence-corrected chi connectivity index (χ2v) is 32.7. The zero-order valence-electron chi connectivity index (χ0n) is 60.9. The molecule has 0 spiro atoms. The van der Waals surface area contributed by atoms with Crippen molar-refractivity contribution in [1.29, 1.82) is 0 Å². The Morgan fingerprint density at radius 3 is 0.842 bits per heavy atom. The Labute approximate surface area is 681 Å². The topological polar surface area (TPSA) is 282 Å². The smallest absolute Gasteiger partial charge is 0.140 e. The standard InChI is InChI=1S/C24H15Br2N3.C24H19N5.C23H13Br2N3.C23H17N5/c2*1-12-21(17-4-2-3-5-20(17)27-12)24-28-22-18-10-13(25)6-8-15(18)16-9-7-14(26)11-19(16)23(22)29-24;2*24-12-5-7-14-15-8-6-13(25)10-18(15)22-21(17(14)9-12)27-23(28-22)19-11-26-20-4-2-1-3-16(19)20/h2-11,27H,1H3,(H,28,29);2-11,27H,25-26H2,1H3,(H,28,29);1-11,26H,(H,27,28);1-11,26H,24-25H2,(H,27,28). The molecule has 16 aromatic carbocycles. The number of rotatable bonds is 4. The predicted molar refractivity (Wildman–Crippen MR) is 492 cm³/mol. The third-order valence-corrected chi connectivity index (χ3v) is 24.1. The van der Waals surface area contributed by atoms with Gasteiger partial charge in [0.2, 0.25) is 0 Å². The van der Waals surface area contributed by atoms with E-state index in [2.05, 4.69) is 281 Å². The molecular weight excluding hydrogens is 1670 g/mol. The molecule has 0 saturated heterocycles. The van der Waals surface area contributed by atoms with Crippen molar-refractivity contribution in [2.24, 2.45) is 0 Å². The van der Waals surface area contributed by atoms with Crippen molar-refractivity contribution in [2.75, 3.05) is 22.9 Å². The van der Waals surface area contributed by atoms with Gasteiger partial charge in [0.25, 0.3) is 0 Å². The minimum Gasteiger partial charge on any atom is -0.399 e. The molecule has 24 rings (SSSR count). The van der Waals surface area contributed by atoms with Gasteiger partial charge in [0, 0.05) is 173 Å². The molecule has 0 aliphatic heterocycles. The van der Waals surface area contributed by atoms with Crippen LogP contribution in [0.15, 0.2) is 273 Å². The van der Waals surface area contributed by atoms with Crippen molar-refractivity contribution >= 4 is 260 Å². The first-order valence-corrected chi connectivity index (χ1v) is 40.2. The van der Waals surface area contributed by atoms with Gasteiger partial charge in [0.05, 0.1) is 44.1 Å². The van der Waals surface area contributed by atoms with Gasteiger partial charge in [-0.05, 0) is 178 Å². The van der Waals surface area contributed by atoms with Crippen molar-refractivity contribution < 1.29 is 0 Å². The van der Waals surface area contributed by atoms with Crippen molar-refractivity contribution in [2.45, 2.75) is 13.8 Å². The molecule has 0 aliphatic rings. The number of imidazole rings is 4. The van der Waals surface area contributed by atoms with Gasteiger partial charge in [-0.25, -0.2) is 19.9 Å². The molecule has 0 fully saturated rings. The third-order valence-electron chi connectivity index (χ3n) is 22.1. The van der Waals surface area contributed by atoms with Gasteiger partial charge in [0.15, 0.2) is 0 Å². The Morgan fingerprint density at radius 2 is 0.491 bits per heavy atom. The van der Waals surface area contributed by atoms with Crippen molar-refractivity contribution in [1.82, 2.24) is 59.8 Å². The molecule has 0 bridgehead atoms. The molecule has 0 radical (unpaired) electrons. The van der Waals surface area contributed by atoms with E-state index in [1.54, 1.807) is 0 Å². The van der Waals surface area contributed by atoms with Crippen LogP contribution in [0.1, 0.15) is 11.4 Å². The molecular formula is C94H64Br4N16. The minimum atomic E-state index is 0.722. The summed E-state index contributed by atoms with van der Waals surface area (Å²) in [6.07, 6.45) is 4.02. The van der Waals surface area contributed by atoms with Crippen LogP contribution in [0.2, 0.25) is 0 Å². The molecule has 114 heavy (non-hydrogen) atoms. The van der Waals surface area contributed by atoms with Gasteiger partial charge >= 0.3 is 0 Å². The van der Waals surface area contributed by atoms with Crippen LogP contribution >= 0.6 is 63.7 Å². The SMILES string of the molecule is Brc1ccc2c3ccc(Br)cc3c3[nH]c(-c4c[nH]c5ccccc45)nc3c2c1.Cc1[nH]c2ccccc2c1-c1nc2c3cc(Br)ccc3c3ccc(Br)cc3c2[nH]1.Cc1[nH]c2ccccc2c1-c1nc2c3cc(N)ccc3c3ccc(N)cc3c2[nH]1.Nc1ccc2c3ccc(N)cc3c3[nH]c(-c4c[nH]c5ccccc45)nc3c2c1. The Kier molecular flexibility index (Phi) is 16.1. The lowest BCUT2D eigenvalue weighted by molar-refractivity contribution is 1.26. The molecule has 8 heterocycles. The predicted octanol–water partition coefficient (Wildman–Crippen LogP) is 26.1. The number of anilines is 4. The van der Waals surface area contributed by atoms with Crippen molar-refractivity contribution in [3.8, 4) is 45.6 Å². The van der Waals surface area contributed by atoms with E-state index >= 15 is 0 Å². The fourth-order valence-electron chi connectivity index (χ4n) is 17.0. The minimum absolute atomic E-state index is 0.722. The molecule has 16 nitrogen and oxygen atoms in total. The molecule has 16 N–H and O–H groups in total. The van der Waals surface area contributed by atoms with Gasteiger partial charge in [-0.15, -0.1) is 0 Å². The number of fused-ring (bicyclic) bond motifs is 28. The maximum Gasteiger partial charge on any atom is 0.140 e. The average molecular weight is 1740 g/mol. The second-order valence-electron chi connectivity index (χ2n) is 29.1. The average Bonchev–Trinajstić information content (AvgIpc) is 1.54. The van der Waals surface area contributed by atoms with E-state index in [9.17, 15) is 0 Å². The van der Waals surface area contributed by atoms with Crippen LogP contribution in [-0.2, 0) is 0 Å². The summed E-state index contributed by atoms with van der Waals surface area (Å²) < 4.78 is 4.22. The van der Waals surface area contributed by atoms with Crippen molar-refractivity contribution in [3.05, 3.63) is 284 Å². The normalized spacial score (nSPS) is 11.9. The van der Waals surface area contributed by atoms with Crippen LogP contribution in [0.4, 0.5) is 22.7 Å². The highest BCUT2D eigenvalue weighted by Crippen LogP contribution is 2.45. The van der Waals surface area contributed by atoms with Crippen LogP contribution in [0.25, 0.3) is 219 Å². The molecule has 0 atom stereocenters. The molecule has 24 aromatic rings. The number of aromatic nitrogens is 12. The van der Waals surface area contributed by atoms with E-state index in [-0.39, 0.29) is 0 Å². The Hall–Kier alpha value is -13.2. The first-order chi connectivity index (χ1) is 55.6. The number of benzene rings is 16. The fourth-order valence-corrected chi connectivity index (χ4v) is 18.5. The molecule has 0 saturated carbocycles. The number of aromatic amines is 8. The molecule has 548 valence electrons. The zero-order valence-corrected chi connectivity index (χ0v) is 67.2. The first-order valence-electron chi connectivity index (χ1n) is 37.1. The quantitative estimate of drug-likeness (QED) is 0.0593. The van der Waals surface area contributed by atoms with E-state index in [1.807, 2.05) is 91.3 Å². The number of nitrogens with one attached hydrogen (secondary N) is 8. The number of nitrogen functional groups attached to an aromatic ring is 4. The van der Waals surface area contributed by atoms with Crippen LogP contribution in [0.3, 0.4) is 0 Å². The molecule has 0 unspecified atom stereocenters. The summed E-state index contributed by atoms with van der Waals surface area (Å²) in [6, 6.07) is 82.8. The fraction of sp³-hybridized carbons (Fsp3) is 0.0213. The highest BCUT2D eigenvalue weighted by Gasteiger charge is 2.24. The monoisotopic (exact) mass is 1730 g/mol. The summed E-state index contributed by atoms with van der Waals surface area (Å²) in [7, 11) is 0. The molecule has 20 heteroatoms. The lowest BCUT2D eigenvalue weighted by atomic mass is 9.99. The number of H-pyrrole nitrogens is 8. The third kappa shape index (κ3) is 11.3. The number of hydrogen-bond acceptors (Lipinski definition) is 8. The van der Waals surface area contributed by atoms with Gasteiger partial charge < -0.3 is 62.8 Å². The summed E-state index contributed by atoms with van der Waals surface area (Å²) in [6.45, 7) is 4.18. The summed E-state index contributed by atoms with van der Waals surface area (Å²) in [5.41, 5.74) is 46.2. The van der Waals surface area contributed by atoms with Crippen LogP contribution in [-0.4, -0.2) is 59.8 Å². The number of para-hydroxylation sites is 4. The van der Waals surface area contributed by atoms with E-state index < -0.39 is 0 Å². The zero-order chi connectivity index (χ0) is 77.1. The maximum atomic E-state index is 6.12. The van der Waals surface area contributed by atoms with Gasteiger partial charge in [-0.2, -0.15) is 0 Å². The number of halogens is 4. The summed E-state index contributed by atoms with van der Waals surface area (Å²) >= 11 is 14.5. The Bertz CT molecular complexity index is 7380. The highest BCUT2D eigenvalue weighted by molar-refractivity contribution is 9.11. The Morgan fingerprint density at radius 1 is 0.237 bits per heavy atom. The first kappa shape index (κ1) is 68.8. The van der Waals surface area contributed by atoms with Gasteiger partial charge in [-0.3, -0.25) is 0 Å². The van der Waals surface area contributed by atoms with E-state index in [0.29, 0.717) is 0 Å². The summed E-state index contributed by atoms with van der Waals surface area (Å²) in [5.74, 6) is 3.43.